The molecule has 1 amide bonds. The second-order valence-corrected chi connectivity index (χ2v) is 3.63. The molecule has 2 bridgehead atoms. The molecule has 0 aromatic heterocycles. The largest absolute Gasteiger partial charge is 0.369 e. The van der Waals surface area contributed by atoms with E-state index in [1.54, 1.807) is 0 Å². The number of hydrogen-bond donors (Lipinski definition) is 2. The maximum absolute atomic E-state index is 10.9. The zero-order chi connectivity index (χ0) is 7.84. The third-order valence-corrected chi connectivity index (χ3v) is 2.95. The number of rotatable bonds is 1. The molecule has 0 saturated carbocycles. The van der Waals surface area contributed by atoms with E-state index < -0.39 is 0 Å². The van der Waals surface area contributed by atoms with Gasteiger partial charge >= 0.3 is 0 Å². The van der Waals surface area contributed by atoms with Crippen LogP contribution >= 0.6 is 0 Å². The Kier molecular flexibility index (Phi) is 1.60. The van der Waals surface area contributed by atoms with E-state index in [2.05, 4.69) is 5.32 Å². The summed E-state index contributed by atoms with van der Waals surface area (Å²) < 4.78 is 0. The number of carbonyl (C=O) groups excluding carboxylic acids is 1. The monoisotopic (exact) mass is 154 g/mol. The van der Waals surface area contributed by atoms with Crippen molar-refractivity contribution >= 4 is 5.91 Å². The molecule has 0 aliphatic carbocycles. The van der Waals surface area contributed by atoms with Crippen molar-refractivity contribution in [2.45, 2.75) is 37.8 Å². The lowest BCUT2D eigenvalue weighted by Crippen LogP contribution is -2.45. The average Bonchev–Trinajstić information content (AvgIpc) is 2.32. The molecule has 3 nitrogen and oxygen atoms in total. The Labute approximate surface area is 66.3 Å². The van der Waals surface area contributed by atoms with Gasteiger partial charge in [-0.25, -0.2) is 0 Å². The Bertz CT molecular complexity index is 181. The van der Waals surface area contributed by atoms with Gasteiger partial charge in [0.15, 0.2) is 0 Å². The standard InChI is InChI=1S/C8H14N2O/c9-8(11)6-3-1-5-2-4-7(6)10-5/h5-7,10H,1-4H2,(H2,9,11). The van der Waals surface area contributed by atoms with Gasteiger partial charge in [0.2, 0.25) is 5.91 Å². The number of amides is 1. The molecule has 3 N–H and O–H groups in total. The third kappa shape index (κ3) is 1.13. The van der Waals surface area contributed by atoms with Crippen LogP contribution in [0.4, 0.5) is 0 Å². The van der Waals surface area contributed by atoms with E-state index in [9.17, 15) is 4.79 Å². The Balaban J connectivity index is 2.07. The zero-order valence-electron chi connectivity index (χ0n) is 6.55. The minimum absolute atomic E-state index is 0.105. The molecule has 2 aliphatic rings. The lowest BCUT2D eigenvalue weighted by atomic mass is 9.92. The molecule has 0 radical (unpaired) electrons. The first-order chi connectivity index (χ1) is 5.27. The van der Waals surface area contributed by atoms with Crippen molar-refractivity contribution in [1.29, 1.82) is 0 Å². The number of nitrogens with two attached hydrogens (primary N) is 1. The van der Waals surface area contributed by atoms with Crippen LogP contribution in [0.1, 0.15) is 25.7 Å². The van der Waals surface area contributed by atoms with Gasteiger partial charge in [-0.2, -0.15) is 0 Å². The lowest BCUT2D eigenvalue weighted by Gasteiger charge is -2.27. The summed E-state index contributed by atoms with van der Waals surface area (Å²) in [6.07, 6.45) is 4.49. The summed E-state index contributed by atoms with van der Waals surface area (Å²) in [5.41, 5.74) is 5.27. The van der Waals surface area contributed by atoms with Gasteiger partial charge in [0.1, 0.15) is 0 Å². The highest BCUT2D eigenvalue weighted by Crippen LogP contribution is 2.30. The van der Waals surface area contributed by atoms with Crippen molar-refractivity contribution in [3.63, 3.8) is 0 Å². The van der Waals surface area contributed by atoms with E-state index in [1.165, 1.54) is 6.42 Å². The first kappa shape index (κ1) is 7.10. The highest BCUT2D eigenvalue weighted by Gasteiger charge is 2.37. The van der Waals surface area contributed by atoms with E-state index in [1.807, 2.05) is 0 Å². The predicted octanol–water partition coefficient (Wildman–Crippen LogP) is 0.00230. The summed E-state index contributed by atoms with van der Waals surface area (Å²) in [6, 6.07) is 1.07. The molecule has 3 atom stereocenters. The van der Waals surface area contributed by atoms with Gasteiger partial charge in [-0.05, 0) is 25.7 Å². The normalized spacial score (nSPS) is 42.4. The SMILES string of the molecule is NC(=O)C1CCC2CCC1N2. The van der Waals surface area contributed by atoms with Gasteiger partial charge in [0, 0.05) is 12.1 Å². The second-order valence-electron chi connectivity index (χ2n) is 3.63. The Morgan fingerprint density at radius 3 is 2.73 bits per heavy atom. The molecular weight excluding hydrogens is 140 g/mol. The minimum Gasteiger partial charge on any atom is -0.369 e. The van der Waals surface area contributed by atoms with Gasteiger partial charge in [-0.3, -0.25) is 4.79 Å². The Hall–Kier alpha value is -0.570. The molecule has 2 heterocycles. The summed E-state index contributed by atoms with van der Waals surface area (Å²) in [7, 11) is 0. The summed E-state index contributed by atoms with van der Waals surface area (Å²) in [5.74, 6) is -0.0170. The molecule has 0 spiro atoms. The fraction of sp³-hybridized carbons (Fsp3) is 0.875. The maximum atomic E-state index is 10.9. The Morgan fingerprint density at radius 2 is 2.00 bits per heavy atom. The zero-order valence-corrected chi connectivity index (χ0v) is 6.55. The van der Waals surface area contributed by atoms with Crippen molar-refractivity contribution in [1.82, 2.24) is 5.32 Å². The van der Waals surface area contributed by atoms with Crippen LogP contribution in [0.5, 0.6) is 0 Å². The van der Waals surface area contributed by atoms with Crippen molar-refractivity contribution in [2.24, 2.45) is 11.7 Å². The second kappa shape index (κ2) is 2.48. The van der Waals surface area contributed by atoms with Gasteiger partial charge in [-0.15, -0.1) is 0 Å². The molecular formula is C8H14N2O. The minimum atomic E-state index is -0.122. The first-order valence-electron chi connectivity index (χ1n) is 4.33. The number of primary amides is 1. The number of fused-ring (bicyclic) bond motifs is 2. The highest BCUT2D eigenvalue weighted by molar-refractivity contribution is 5.77. The van der Waals surface area contributed by atoms with Crippen molar-refractivity contribution < 1.29 is 4.79 Å². The average molecular weight is 154 g/mol. The molecule has 2 fully saturated rings. The molecule has 0 aromatic carbocycles. The third-order valence-electron chi connectivity index (χ3n) is 2.95. The summed E-state index contributed by atoms with van der Waals surface area (Å²) in [4.78, 5) is 10.9. The molecule has 11 heavy (non-hydrogen) atoms. The quantitative estimate of drug-likeness (QED) is 0.558. The van der Waals surface area contributed by atoms with Crippen LogP contribution in [0, 0.1) is 5.92 Å². The van der Waals surface area contributed by atoms with Crippen LogP contribution in [0.25, 0.3) is 0 Å². The van der Waals surface area contributed by atoms with Crippen molar-refractivity contribution in [3.05, 3.63) is 0 Å². The van der Waals surface area contributed by atoms with Crippen LogP contribution in [0.3, 0.4) is 0 Å². The van der Waals surface area contributed by atoms with Crippen LogP contribution in [0.2, 0.25) is 0 Å². The van der Waals surface area contributed by atoms with Gasteiger partial charge in [0.25, 0.3) is 0 Å². The predicted molar refractivity (Wildman–Crippen MR) is 41.9 cm³/mol. The van der Waals surface area contributed by atoms with Crippen LogP contribution in [-0.2, 0) is 4.79 Å². The molecule has 3 unspecified atom stereocenters. The topological polar surface area (TPSA) is 55.1 Å². The van der Waals surface area contributed by atoms with Gasteiger partial charge in [0.05, 0.1) is 5.92 Å². The Morgan fingerprint density at radius 1 is 1.27 bits per heavy atom. The molecule has 62 valence electrons. The first-order valence-corrected chi connectivity index (χ1v) is 4.33. The summed E-state index contributed by atoms with van der Waals surface area (Å²) in [5, 5.41) is 3.42. The van der Waals surface area contributed by atoms with Crippen LogP contribution in [-0.4, -0.2) is 18.0 Å². The van der Waals surface area contributed by atoms with Crippen LogP contribution < -0.4 is 11.1 Å². The van der Waals surface area contributed by atoms with Crippen LogP contribution in [0.15, 0.2) is 0 Å². The van der Waals surface area contributed by atoms with Gasteiger partial charge in [-0.1, -0.05) is 0 Å². The van der Waals surface area contributed by atoms with E-state index in [0.717, 1.165) is 19.3 Å². The maximum Gasteiger partial charge on any atom is 0.222 e. The number of hydrogen-bond acceptors (Lipinski definition) is 2. The summed E-state index contributed by atoms with van der Waals surface area (Å²) >= 11 is 0. The van der Waals surface area contributed by atoms with E-state index in [-0.39, 0.29) is 11.8 Å². The highest BCUT2D eigenvalue weighted by atomic mass is 16.1. The number of nitrogens with one attached hydrogen (secondary N) is 1. The molecule has 2 saturated heterocycles. The molecule has 2 aliphatic heterocycles. The molecule has 2 rings (SSSR count). The van der Waals surface area contributed by atoms with Gasteiger partial charge < -0.3 is 11.1 Å². The smallest absolute Gasteiger partial charge is 0.222 e. The van der Waals surface area contributed by atoms with E-state index in [4.69, 9.17) is 5.73 Å². The lowest BCUT2D eigenvalue weighted by molar-refractivity contribution is -0.123. The van der Waals surface area contributed by atoms with Crippen molar-refractivity contribution in [3.8, 4) is 0 Å². The molecule has 0 aromatic rings. The fourth-order valence-electron chi connectivity index (χ4n) is 2.32. The molecule has 3 heteroatoms. The fourth-order valence-corrected chi connectivity index (χ4v) is 2.32. The van der Waals surface area contributed by atoms with Crippen molar-refractivity contribution in [2.75, 3.05) is 0 Å². The summed E-state index contributed by atoms with van der Waals surface area (Å²) in [6.45, 7) is 0. The number of piperidine rings is 1. The number of carbonyl (C=O) groups is 1. The van der Waals surface area contributed by atoms with E-state index in [0.29, 0.717) is 12.1 Å². The van der Waals surface area contributed by atoms with E-state index >= 15 is 0 Å².